The highest BCUT2D eigenvalue weighted by Gasteiger charge is 2.33. The van der Waals surface area contributed by atoms with E-state index in [4.69, 9.17) is 9.47 Å². The van der Waals surface area contributed by atoms with Gasteiger partial charge in [0.2, 0.25) is 15.7 Å². The third-order valence-electron chi connectivity index (χ3n) is 6.22. The SMILES string of the molecule is CCOCc1nc(=O)c(S(=O)(=O)c2ccc(-c3ccncc3C)c(F)c2)c(O)n1[C@@H](COC)c1ccccc1. The van der Waals surface area contributed by atoms with Crippen molar-refractivity contribution >= 4 is 9.84 Å². The molecule has 4 aromatic rings. The number of nitrogens with zero attached hydrogens (tertiary/aromatic N) is 3. The summed E-state index contributed by atoms with van der Waals surface area (Å²) in [5, 5.41) is 11.4. The van der Waals surface area contributed by atoms with E-state index in [1.165, 1.54) is 30.0 Å². The first-order valence-corrected chi connectivity index (χ1v) is 13.6. The fourth-order valence-corrected chi connectivity index (χ4v) is 5.69. The van der Waals surface area contributed by atoms with Crippen LogP contribution >= 0.6 is 0 Å². The van der Waals surface area contributed by atoms with Crippen molar-refractivity contribution in [2.45, 2.75) is 36.3 Å². The first kappa shape index (κ1) is 28.1. The lowest BCUT2D eigenvalue weighted by Crippen LogP contribution is -2.29. The zero-order chi connectivity index (χ0) is 28.2. The minimum Gasteiger partial charge on any atom is -0.493 e. The van der Waals surface area contributed by atoms with Gasteiger partial charge in [-0.05, 0) is 48.7 Å². The summed E-state index contributed by atoms with van der Waals surface area (Å²) in [4.78, 5) is 19.6. The van der Waals surface area contributed by atoms with Gasteiger partial charge >= 0.3 is 0 Å². The van der Waals surface area contributed by atoms with Crippen LogP contribution in [0, 0.1) is 12.7 Å². The van der Waals surface area contributed by atoms with Crippen molar-refractivity contribution in [2.24, 2.45) is 0 Å². The lowest BCUT2D eigenvalue weighted by atomic mass is 10.0. The van der Waals surface area contributed by atoms with Crippen molar-refractivity contribution in [2.75, 3.05) is 20.3 Å². The smallest absolute Gasteiger partial charge is 0.296 e. The van der Waals surface area contributed by atoms with Crippen LogP contribution < -0.4 is 5.56 Å². The number of aromatic nitrogens is 3. The van der Waals surface area contributed by atoms with Crippen molar-refractivity contribution < 1.29 is 27.4 Å². The molecule has 11 heteroatoms. The van der Waals surface area contributed by atoms with Gasteiger partial charge in [0.1, 0.15) is 18.2 Å². The maximum absolute atomic E-state index is 15.2. The van der Waals surface area contributed by atoms with Crippen molar-refractivity contribution in [3.63, 3.8) is 0 Å². The highest BCUT2D eigenvalue weighted by atomic mass is 32.2. The van der Waals surface area contributed by atoms with Gasteiger partial charge in [0.15, 0.2) is 4.90 Å². The topological polar surface area (TPSA) is 121 Å². The Morgan fingerprint density at radius 2 is 1.85 bits per heavy atom. The van der Waals surface area contributed by atoms with E-state index < -0.39 is 42.9 Å². The van der Waals surface area contributed by atoms with Gasteiger partial charge in [-0.2, -0.15) is 4.98 Å². The molecule has 39 heavy (non-hydrogen) atoms. The molecule has 0 radical (unpaired) electrons. The van der Waals surface area contributed by atoms with Crippen LogP contribution in [0.4, 0.5) is 4.39 Å². The summed E-state index contributed by atoms with van der Waals surface area (Å²) in [7, 11) is -3.25. The van der Waals surface area contributed by atoms with Gasteiger partial charge < -0.3 is 14.6 Å². The van der Waals surface area contributed by atoms with E-state index in [0.29, 0.717) is 23.3 Å². The largest absolute Gasteiger partial charge is 0.493 e. The predicted molar refractivity (Wildman–Crippen MR) is 142 cm³/mol. The molecule has 2 aromatic heterocycles. The molecule has 0 saturated carbocycles. The second-order valence-corrected chi connectivity index (χ2v) is 10.6. The molecule has 0 saturated heterocycles. The van der Waals surface area contributed by atoms with Gasteiger partial charge in [0.05, 0.1) is 17.5 Å². The quantitative estimate of drug-likeness (QED) is 0.312. The van der Waals surface area contributed by atoms with Crippen LogP contribution in [0.25, 0.3) is 11.1 Å². The molecule has 4 rings (SSSR count). The Morgan fingerprint density at radius 1 is 1.10 bits per heavy atom. The van der Waals surface area contributed by atoms with Crippen LogP contribution in [0.1, 0.15) is 29.9 Å². The summed E-state index contributed by atoms with van der Waals surface area (Å²) in [6.45, 7) is 3.65. The average molecular weight is 554 g/mol. The third-order valence-corrected chi connectivity index (χ3v) is 7.99. The second-order valence-electron chi connectivity index (χ2n) is 8.71. The lowest BCUT2D eigenvalue weighted by molar-refractivity contribution is 0.114. The summed E-state index contributed by atoms with van der Waals surface area (Å²) >= 11 is 0. The zero-order valence-electron chi connectivity index (χ0n) is 21.7. The molecule has 0 aliphatic heterocycles. The molecule has 1 N–H and O–H groups in total. The number of methoxy groups -OCH3 is 1. The maximum atomic E-state index is 15.2. The molecule has 204 valence electrons. The van der Waals surface area contributed by atoms with Crippen molar-refractivity contribution in [1.82, 2.24) is 14.5 Å². The number of sulfone groups is 1. The summed E-state index contributed by atoms with van der Waals surface area (Å²) in [6.07, 6.45) is 3.07. The normalized spacial score (nSPS) is 12.4. The van der Waals surface area contributed by atoms with E-state index in [-0.39, 0.29) is 24.6 Å². The molecule has 0 amide bonds. The van der Waals surface area contributed by atoms with Gasteiger partial charge in [-0.1, -0.05) is 36.4 Å². The molecule has 2 heterocycles. The van der Waals surface area contributed by atoms with Gasteiger partial charge in [-0.25, -0.2) is 12.8 Å². The van der Waals surface area contributed by atoms with Gasteiger partial charge in [0, 0.05) is 31.7 Å². The fourth-order valence-electron chi connectivity index (χ4n) is 4.33. The first-order valence-electron chi connectivity index (χ1n) is 12.1. The molecule has 0 fully saturated rings. The Kier molecular flexibility index (Phi) is 8.54. The van der Waals surface area contributed by atoms with E-state index in [9.17, 15) is 18.3 Å². The Hall–Kier alpha value is -3.93. The predicted octanol–water partition coefficient (Wildman–Crippen LogP) is 4.06. The number of rotatable bonds is 10. The van der Waals surface area contributed by atoms with Crippen LogP contribution in [0.5, 0.6) is 5.88 Å². The lowest BCUT2D eigenvalue weighted by Gasteiger charge is -2.25. The second kappa shape index (κ2) is 11.9. The van der Waals surface area contributed by atoms with Crippen molar-refractivity contribution in [1.29, 1.82) is 0 Å². The van der Waals surface area contributed by atoms with Crippen LogP contribution in [-0.4, -0.2) is 48.4 Å². The Balaban J connectivity index is 1.91. The highest BCUT2D eigenvalue weighted by Crippen LogP contribution is 2.34. The Bertz CT molecular complexity index is 1640. The number of hydrogen-bond donors (Lipinski definition) is 1. The molecular formula is C28H28FN3O6S. The van der Waals surface area contributed by atoms with Crippen LogP contribution in [0.15, 0.2) is 81.6 Å². The maximum Gasteiger partial charge on any atom is 0.296 e. The molecule has 0 bridgehead atoms. The summed E-state index contributed by atoms with van der Waals surface area (Å²) < 4.78 is 54.6. The van der Waals surface area contributed by atoms with E-state index in [1.807, 2.05) is 0 Å². The van der Waals surface area contributed by atoms with E-state index in [2.05, 4.69) is 9.97 Å². The van der Waals surface area contributed by atoms with E-state index in [0.717, 1.165) is 6.07 Å². The average Bonchev–Trinajstić information content (AvgIpc) is 2.91. The number of aromatic hydroxyl groups is 1. The number of pyridine rings is 1. The monoisotopic (exact) mass is 553 g/mol. The van der Waals surface area contributed by atoms with Gasteiger partial charge in [-0.15, -0.1) is 0 Å². The molecule has 0 aliphatic rings. The number of hydrogen-bond acceptors (Lipinski definition) is 8. The van der Waals surface area contributed by atoms with Gasteiger partial charge in [0.25, 0.3) is 5.56 Å². The van der Waals surface area contributed by atoms with Crippen LogP contribution in [0.3, 0.4) is 0 Å². The molecular weight excluding hydrogens is 525 g/mol. The van der Waals surface area contributed by atoms with E-state index in [1.54, 1.807) is 56.4 Å². The fraction of sp³-hybridized carbons (Fsp3) is 0.250. The molecule has 2 aromatic carbocycles. The van der Waals surface area contributed by atoms with E-state index >= 15 is 4.39 Å². The molecule has 1 atom stereocenters. The highest BCUT2D eigenvalue weighted by molar-refractivity contribution is 7.91. The van der Waals surface area contributed by atoms with Crippen LogP contribution in [0.2, 0.25) is 0 Å². The van der Waals surface area contributed by atoms with Crippen molar-refractivity contribution in [3.8, 4) is 17.0 Å². The third kappa shape index (κ3) is 5.60. The van der Waals surface area contributed by atoms with Crippen LogP contribution in [-0.2, 0) is 25.9 Å². The number of halogens is 1. The van der Waals surface area contributed by atoms with Gasteiger partial charge in [-0.3, -0.25) is 14.3 Å². The zero-order valence-corrected chi connectivity index (χ0v) is 22.5. The Labute approximate surface area is 225 Å². The molecule has 0 unspecified atom stereocenters. The first-order chi connectivity index (χ1) is 18.7. The summed E-state index contributed by atoms with van der Waals surface area (Å²) in [5.74, 6) is -1.64. The number of benzene rings is 2. The summed E-state index contributed by atoms with van der Waals surface area (Å²) in [5.41, 5.74) is 0.905. The Morgan fingerprint density at radius 3 is 2.49 bits per heavy atom. The summed E-state index contributed by atoms with van der Waals surface area (Å²) in [6, 6.07) is 13.1. The number of ether oxygens (including phenoxy) is 2. The standard InChI is InChI=1S/C28H28FN3O6S/c1-4-38-17-25-31-27(33)26(28(34)32(25)24(16-37-3)19-8-6-5-7-9-19)39(35,36)20-10-11-22(23(29)14-20)21-12-13-30-15-18(21)2/h5-15,24,34H,4,16-17H2,1-3H3/t24-/m0/s1. The molecule has 0 aliphatic carbocycles. The molecule has 9 nitrogen and oxygen atoms in total. The minimum atomic E-state index is -4.70. The molecule has 0 spiro atoms. The van der Waals surface area contributed by atoms with Crippen molar-refractivity contribution in [3.05, 3.63) is 100 Å². The number of aryl methyl sites for hydroxylation is 1. The minimum absolute atomic E-state index is 0.0129.